The van der Waals surface area contributed by atoms with E-state index in [4.69, 9.17) is 16.3 Å². The Morgan fingerprint density at radius 1 is 1.19 bits per heavy atom. The number of carbonyl (C=O) groups is 2. The van der Waals surface area contributed by atoms with E-state index in [2.05, 4.69) is 0 Å². The predicted octanol–water partition coefficient (Wildman–Crippen LogP) is 4.51. The maximum atomic E-state index is 12.9. The van der Waals surface area contributed by atoms with Gasteiger partial charge >= 0.3 is 6.09 Å². The van der Waals surface area contributed by atoms with Crippen molar-refractivity contribution in [2.24, 2.45) is 5.92 Å². The third kappa shape index (κ3) is 5.37. The Morgan fingerprint density at radius 2 is 1.73 bits per heavy atom. The van der Waals surface area contributed by atoms with Gasteiger partial charge in [-0.1, -0.05) is 23.7 Å². The largest absolute Gasteiger partial charge is 0.444 e. The fourth-order valence-corrected chi connectivity index (χ4v) is 3.21. The molecule has 5 nitrogen and oxygen atoms in total. The van der Waals surface area contributed by atoms with Gasteiger partial charge < -0.3 is 14.5 Å². The average Bonchev–Trinajstić information content (AvgIpc) is 2.59. The molecular formula is C20H29ClN2O3. The fraction of sp³-hybridized carbons (Fsp3) is 0.600. The number of rotatable bonds is 3. The third-order valence-electron chi connectivity index (χ3n) is 4.78. The maximum Gasteiger partial charge on any atom is 0.410 e. The van der Waals surface area contributed by atoms with Crippen molar-refractivity contribution in [2.75, 3.05) is 20.1 Å². The van der Waals surface area contributed by atoms with Crippen molar-refractivity contribution in [3.63, 3.8) is 0 Å². The van der Waals surface area contributed by atoms with E-state index in [0.29, 0.717) is 31.0 Å². The van der Waals surface area contributed by atoms with Crippen LogP contribution >= 0.6 is 11.6 Å². The van der Waals surface area contributed by atoms with Crippen LogP contribution in [0.2, 0.25) is 5.02 Å². The molecule has 2 amide bonds. The van der Waals surface area contributed by atoms with E-state index in [9.17, 15) is 9.59 Å². The van der Waals surface area contributed by atoms with E-state index >= 15 is 0 Å². The molecule has 1 saturated heterocycles. The topological polar surface area (TPSA) is 49.9 Å². The quantitative estimate of drug-likeness (QED) is 0.775. The number of likely N-dealkylation sites (tertiary alicyclic amines) is 1. The zero-order valence-corrected chi connectivity index (χ0v) is 17.0. The molecule has 1 aromatic carbocycles. The molecule has 0 aliphatic carbocycles. The monoisotopic (exact) mass is 380 g/mol. The van der Waals surface area contributed by atoms with Gasteiger partial charge in [0, 0.05) is 31.1 Å². The van der Waals surface area contributed by atoms with Gasteiger partial charge in [0.2, 0.25) is 5.91 Å². The van der Waals surface area contributed by atoms with Crippen LogP contribution in [0.3, 0.4) is 0 Å². The summed E-state index contributed by atoms with van der Waals surface area (Å²) in [6, 6.07) is 7.54. The first kappa shape index (κ1) is 20.6. The van der Waals surface area contributed by atoms with E-state index in [0.717, 1.165) is 5.56 Å². The molecule has 26 heavy (non-hydrogen) atoms. The zero-order chi connectivity index (χ0) is 19.5. The maximum absolute atomic E-state index is 12.9. The lowest BCUT2D eigenvalue weighted by atomic mass is 9.94. The summed E-state index contributed by atoms with van der Waals surface area (Å²) in [5, 5.41) is 0.685. The first-order chi connectivity index (χ1) is 12.1. The minimum atomic E-state index is -0.502. The molecule has 1 heterocycles. The van der Waals surface area contributed by atoms with Crippen molar-refractivity contribution < 1.29 is 14.3 Å². The van der Waals surface area contributed by atoms with E-state index in [-0.39, 0.29) is 24.0 Å². The normalized spacial score (nSPS) is 16.9. The Hall–Kier alpha value is -1.75. The molecule has 0 unspecified atom stereocenters. The molecule has 1 atom stereocenters. The van der Waals surface area contributed by atoms with Crippen LogP contribution < -0.4 is 0 Å². The van der Waals surface area contributed by atoms with Crippen LogP contribution in [-0.2, 0) is 9.53 Å². The van der Waals surface area contributed by atoms with Crippen LogP contribution in [0.25, 0.3) is 0 Å². The molecule has 0 saturated carbocycles. The molecule has 0 N–H and O–H groups in total. The van der Waals surface area contributed by atoms with Crippen molar-refractivity contribution in [1.29, 1.82) is 0 Å². The van der Waals surface area contributed by atoms with Gasteiger partial charge in [-0.15, -0.1) is 0 Å². The molecule has 1 aliphatic heterocycles. The highest BCUT2D eigenvalue weighted by molar-refractivity contribution is 6.30. The van der Waals surface area contributed by atoms with Gasteiger partial charge in [-0.2, -0.15) is 0 Å². The number of ether oxygens (including phenoxy) is 1. The smallest absolute Gasteiger partial charge is 0.410 e. The summed E-state index contributed by atoms with van der Waals surface area (Å²) in [6.07, 6.45) is 1.03. The number of benzene rings is 1. The summed E-state index contributed by atoms with van der Waals surface area (Å²) in [7, 11) is 1.84. The van der Waals surface area contributed by atoms with Crippen LogP contribution in [0.1, 0.15) is 52.1 Å². The summed E-state index contributed by atoms with van der Waals surface area (Å²) in [6.45, 7) is 8.68. The van der Waals surface area contributed by atoms with Crippen LogP contribution in [0, 0.1) is 5.92 Å². The van der Waals surface area contributed by atoms with Crippen molar-refractivity contribution in [3.8, 4) is 0 Å². The van der Waals surface area contributed by atoms with Gasteiger partial charge in [0.05, 0.1) is 6.04 Å². The number of carbonyl (C=O) groups excluding carboxylic acids is 2. The minimum absolute atomic E-state index is 0.0244. The molecular weight excluding hydrogens is 352 g/mol. The van der Waals surface area contributed by atoms with Gasteiger partial charge in [0.1, 0.15) is 5.60 Å². The summed E-state index contributed by atoms with van der Waals surface area (Å²) in [5.41, 5.74) is 0.550. The Bertz CT molecular complexity index is 631. The highest BCUT2D eigenvalue weighted by Crippen LogP contribution is 2.26. The number of nitrogens with zero attached hydrogens (tertiary/aromatic N) is 2. The Morgan fingerprint density at radius 3 is 2.23 bits per heavy atom. The van der Waals surface area contributed by atoms with Gasteiger partial charge in [-0.05, 0) is 58.2 Å². The van der Waals surface area contributed by atoms with Crippen molar-refractivity contribution >= 4 is 23.6 Å². The molecule has 1 aromatic rings. The summed E-state index contributed by atoms with van der Waals surface area (Å²) in [4.78, 5) is 28.5. The van der Waals surface area contributed by atoms with Crippen molar-refractivity contribution in [1.82, 2.24) is 9.80 Å². The second kappa shape index (κ2) is 8.30. The molecule has 0 bridgehead atoms. The number of hydrogen-bond donors (Lipinski definition) is 0. The van der Waals surface area contributed by atoms with Crippen LogP contribution in [-0.4, -0.2) is 47.5 Å². The lowest BCUT2D eigenvalue weighted by Gasteiger charge is -2.35. The average molecular weight is 381 g/mol. The van der Waals surface area contributed by atoms with E-state index in [1.54, 1.807) is 9.80 Å². The van der Waals surface area contributed by atoms with Crippen LogP contribution in [0.15, 0.2) is 24.3 Å². The number of piperidine rings is 1. The molecule has 0 spiro atoms. The lowest BCUT2D eigenvalue weighted by molar-refractivity contribution is -0.137. The molecule has 0 radical (unpaired) electrons. The highest BCUT2D eigenvalue weighted by Gasteiger charge is 2.32. The molecule has 144 valence electrons. The van der Waals surface area contributed by atoms with Crippen molar-refractivity contribution in [2.45, 2.75) is 52.2 Å². The van der Waals surface area contributed by atoms with E-state index < -0.39 is 5.60 Å². The van der Waals surface area contributed by atoms with Crippen LogP contribution in [0.5, 0.6) is 0 Å². The number of halogens is 1. The van der Waals surface area contributed by atoms with E-state index in [1.165, 1.54) is 0 Å². The second-order valence-corrected chi connectivity index (χ2v) is 8.35. The predicted molar refractivity (Wildman–Crippen MR) is 103 cm³/mol. The lowest BCUT2D eigenvalue weighted by Crippen LogP contribution is -2.45. The number of amides is 2. The molecule has 1 aliphatic rings. The SMILES string of the molecule is C[C@H](c1ccc(Cl)cc1)N(C)C(=O)C1CCN(C(=O)OC(C)(C)C)CC1. The molecule has 1 fully saturated rings. The Labute approximate surface area is 161 Å². The van der Waals surface area contributed by atoms with Crippen molar-refractivity contribution in [3.05, 3.63) is 34.9 Å². The minimum Gasteiger partial charge on any atom is -0.444 e. The Balaban J connectivity index is 1.91. The molecule has 6 heteroatoms. The second-order valence-electron chi connectivity index (χ2n) is 7.92. The van der Waals surface area contributed by atoms with Gasteiger partial charge in [0.15, 0.2) is 0 Å². The zero-order valence-electron chi connectivity index (χ0n) is 16.3. The van der Waals surface area contributed by atoms with Gasteiger partial charge in [0.25, 0.3) is 0 Å². The van der Waals surface area contributed by atoms with Gasteiger partial charge in [-0.25, -0.2) is 4.79 Å². The van der Waals surface area contributed by atoms with Gasteiger partial charge in [-0.3, -0.25) is 4.79 Å². The summed E-state index contributed by atoms with van der Waals surface area (Å²) < 4.78 is 5.41. The number of hydrogen-bond acceptors (Lipinski definition) is 3. The summed E-state index contributed by atoms with van der Waals surface area (Å²) >= 11 is 5.94. The van der Waals surface area contributed by atoms with Crippen LogP contribution in [0.4, 0.5) is 4.79 Å². The summed E-state index contributed by atoms with van der Waals surface area (Å²) in [5.74, 6) is 0.0599. The molecule has 0 aromatic heterocycles. The highest BCUT2D eigenvalue weighted by atomic mass is 35.5. The molecule has 2 rings (SSSR count). The Kier molecular flexibility index (Phi) is 6.56. The first-order valence-electron chi connectivity index (χ1n) is 9.08. The third-order valence-corrected chi connectivity index (χ3v) is 5.03. The first-order valence-corrected chi connectivity index (χ1v) is 9.46. The standard InChI is InChI=1S/C20H29ClN2O3/c1-14(15-6-8-17(21)9-7-15)22(5)18(24)16-10-12-23(13-11-16)19(25)26-20(2,3)4/h6-9,14,16H,10-13H2,1-5H3/t14-/m1/s1. The van der Waals surface area contributed by atoms with E-state index in [1.807, 2.05) is 59.0 Å². The fourth-order valence-electron chi connectivity index (χ4n) is 3.08.